The molecule has 2 rings (SSSR count). The number of likely N-dealkylation sites (N-methyl/N-ethyl adjacent to an activating group) is 1. The number of aliphatic imine (C=N–C) groups is 1. The number of rotatable bonds is 8. The molecule has 1 atom stereocenters. The van der Waals surface area contributed by atoms with Crippen LogP contribution in [0.3, 0.4) is 0 Å². The number of carbonyl (C=O) groups excluding carboxylic acids is 1. The largest absolute Gasteiger partial charge is 0.435 e. The van der Waals surface area contributed by atoms with Crippen molar-refractivity contribution in [2.75, 3.05) is 47.4 Å². The Morgan fingerprint density at radius 2 is 2.04 bits per heavy atom. The molecule has 1 aromatic rings. The van der Waals surface area contributed by atoms with E-state index in [2.05, 4.69) is 15.0 Å². The van der Waals surface area contributed by atoms with Crippen molar-refractivity contribution in [1.29, 1.82) is 0 Å². The summed E-state index contributed by atoms with van der Waals surface area (Å²) < 4.78 is 34.3. The Balaban J connectivity index is 2.00. The molecule has 1 aromatic carbocycles. The standard InChI is InChI=1S/C19H28F2N4O3/c1-24(2)17(26)11-23-19(22-10-15-8-9-27-13-15)25(3)12-14-4-6-16(7-5-14)28-18(20)21/h4-7,15,18H,8-13H2,1-3H3,(H,22,23). The van der Waals surface area contributed by atoms with E-state index >= 15 is 0 Å². The van der Waals surface area contributed by atoms with Crippen LogP contribution in [0.25, 0.3) is 0 Å². The first-order chi connectivity index (χ1) is 13.3. The number of nitrogens with zero attached hydrogens (tertiary/aromatic N) is 3. The lowest BCUT2D eigenvalue weighted by molar-refractivity contribution is -0.127. The summed E-state index contributed by atoms with van der Waals surface area (Å²) in [7, 11) is 5.24. The molecule has 1 saturated heterocycles. The molecule has 1 unspecified atom stereocenters. The van der Waals surface area contributed by atoms with E-state index in [0.29, 0.717) is 31.6 Å². The molecular formula is C19H28F2N4O3. The van der Waals surface area contributed by atoms with Crippen molar-refractivity contribution in [2.24, 2.45) is 10.9 Å². The zero-order valence-corrected chi connectivity index (χ0v) is 16.5. The fourth-order valence-corrected chi connectivity index (χ4v) is 2.70. The normalized spacial score (nSPS) is 16.9. The van der Waals surface area contributed by atoms with Crippen LogP contribution in [0, 0.1) is 5.92 Å². The third kappa shape index (κ3) is 7.30. The quantitative estimate of drug-likeness (QED) is 0.534. The van der Waals surface area contributed by atoms with Crippen molar-refractivity contribution in [3.8, 4) is 5.75 Å². The van der Waals surface area contributed by atoms with Gasteiger partial charge in [0, 0.05) is 46.8 Å². The lowest BCUT2D eigenvalue weighted by atomic mass is 10.1. The number of hydrogen-bond acceptors (Lipinski definition) is 4. The summed E-state index contributed by atoms with van der Waals surface area (Å²) in [5, 5.41) is 3.31. The number of carbonyl (C=O) groups is 1. The number of amides is 1. The molecule has 1 aliphatic rings. The van der Waals surface area contributed by atoms with E-state index in [1.54, 1.807) is 26.2 Å². The van der Waals surface area contributed by atoms with Crippen molar-refractivity contribution >= 4 is 11.9 Å². The lowest BCUT2D eigenvalue weighted by Gasteiger charge is -2.24. The van der Waals surface area contributed by atoms with Crippen molar-refractivity contribution in [3.05, 3.63) is 29.8 Å². The molecule has 0 spiro atoms. The van der Waals surface area contributed by atoms with Crippen molar-refractivity contribution in [2.45, 2.75) is 19.6 Å². The van der Waals surface area contributed by atoms with Gasteiger partial charge in [-0.1, -0.05) is 12.1 Å². The zero-order valence-electron chi connectivity index (χ0n) is 16.5. The first kappa shape index (κ1) is 21.9. The smallest absolute Gasteiger partial charge is 0.387 e. The molecule has 1 aliphatic heterocycles. The first-order valence-electron chi connectivity index (χ1n) is 9.16. The van der Waals surface area contributed by atoms with Crippen LogP contribution in [0.4, 0.5) is 8.78 Å². The van der Waals surface area contributed by atoms with Crippen LogP contribution in [0.1, 0.15) is 12.0 Å². The third-order valence-electron chi connectivity index (χ3n) is 4.37. The minimum absolute atomic E-state index is 0.0437. The van der Waals surface area contributed by atoms with E-state index in [1.807, 2.05) is 11.9 Å². The molecule has 1 N–H and O–H groups in total. The first-order valence-corrected chi connectivity index (χ1v) is 9.16. The molecule has 0 bridgehead atoms. The van der Waals surface area contributed by atoms with Gasteiger partial charge in [-0.15, -0.1) is 0 Å². The molecule has 28 heavy (non-hydrogen) atoms. The fourth-order valence-electron chi connectivity index (χ4n) is 2.70. The van der Waals surface area contributed by atoms with Crippen LogP contribution in [-0.2, 0) is 16.1 Å². The molecule has 1 heterocycles. The average Bonchev–Trinajstić information content (AvgIpc) is 3.16. The Bertz CT molecular complexity index is 647. The fraction of sp³-hybridized carbons (Fsp3) is 0.579. The van der Waals surface area contributed by atoms with Gasteiger partial charge in [0.1, 0.15) is 12.3 Å². The highest BCUT2D eigenvalue weighted by Crippen LogP contribution is 2.16. The number of halogens is 2. The molecule has 0 saturated carbocycles. The minimum Gasteiger partial charge on any atom is -0.435 e. The van der Waals surface area contributed by atoms with Crippen LogP contribution in [0.2, 0.25) is 0 Å². The number of benzene rings is 1. The maximum absolute atomic E-state index is 12.3. The highest BCUT2D eigenvalue weighted by atomic mass is 19.3. The van der Waals surface area contributed by atoms with Crippen molar-refractivity contribution in [1.82, 2.24) is 15.1 Å². The Morgan fingerprint density at radius 3 is 2.61 bits per heavy atom. The summed E-state index contributed by atoms with van der Waals surface area (Å²) in [6.45, 7) is -0.113. The predicted octanol–water partition coefficient (Wildman–Crippen LogP) is 1.79. The monoisotopic (exact) mass is 398 g/mol. The van der Waals surface area contributed by atoms with Gasteiger partial charge in [-0.25, -0.2) is 4.99 Å². The highest BCUT2D eigenvalue weighted by Gasteiger charge is 2.17. The van der Waals surface area contributed by atoms with Crippen LogP contribution >= 0.6 is 0 Å². The number of guanidine groups is 1. The second-order valence-electron chi connectivity index (χ2n) is 6.92. The van der Waals surface area contributed by atoms with Gasteiger partial charge >= 0.3 is 6.61 Å². The topological polar surface area (TPSA) is 66.4 Å². The molecule has 156 valence electrons. The van der Waals surface area contributed by atoms with Crippen LogP contribution < -0.4 is 10.1 Å². The number of hydrogen-bond donors (Lipinski definition) is 1. The number of ether oxygens (including phenoxy) is 2. The Morgan fingerprint density at radius 1 is 1.32 bits per heavy atom. The summed E-state index contributed by atoms with van der Waals surface area (Å²) in [5.41, 5.74) is 0.904. The molecule has 0 aliphatic carbocycles. The second kappa shape index (κ2) is 10.8. The van der Waals surface area contributed by atoms with E-state index in [0.717, 1.165) is 18.6 Å². The molecule has 1 amide bonds. The molecule has 1 fully saturated rings. The Kier molecular flexibility index (Phi) is 8.43. The van der Waals surface area contributed by atoms with Gasteiger partial charge in [-0.3, -0.25) is 4.79 Å². The van der Waals surface area contributed by atoms with Crippen LogP contribution in [-0.4, -0.2) is 75.7 Å². The average molecular weight is 398 g/mol. The number of alkyl halides is 2. The van der Waals surface area contributed by atoms with E-state index in [4.69, 9.17) is 4.74 Å². The molecule has 7 nitrogen and oxygen atoms in total. The molecule has 0 aromatic heterocycles. The highest BCUT2D eigenvalue weighted by molar-refractivity contribution is 5.84. The zero-order chi connectivity index (χ0) is 20.5. The van der Waals surface area contributed by atoms with Gasteiger partial charge in [-0.2, -0.15) is 8.78 Å². The van der Waals surface area contributed by atoms with Gasteiger partial charge in [0.2, 0.25) is 5.91 Å². The molecule has 0 radical (unpaired) electrons. The summed E-state index contributed by atoms with van der Waals surface area (Å²) in [6.07, 6.45) is 0.992. The summed E-state index contributed by atoms with van der Waals surface area (Å²) in [5.74, 6) is 1.04. The van der Waals surface area contributed by atoms with Crippen molar-refractivity contribution < 1.29 is 23.0 Å². The SMILES string of the molecule is CN(C)C(=O)CN=C(NCC1CCOC1)N(C)Cc1ccc(OC(F)F)cc1. The van der Waals surface area contributed by atoms with Gasteiger partial charge < -0.3 is 24.6 Å². The Labute approximate surface area is 164 Å². The third-order valence-corrected chi connectivity index (χ3v) is 4.37. The molecular weight excluding hydrogens is 370 g/mol. The predicted molar refractivity (Wildman–Crippen MR) is 102 cm³/mol. The second-order valence-corrected chi connectivity index (χ2v) is 6.92. The van der Waals surface area contributed by atoms with Gasteiger partial charge in [-0.05, 0) is 24.1 Å². The van der Waals surface area contributed by atoms with Gasteiger partial charge in [0.25, 0.3) is 0 Å². The van der Waals surface area contributed by atoms with Crippen LogP contribution in [0.15, 0.2) is 29.3 Å². The van der Waals surface area contributed by atoms with E-state index in [1.165, 1.54) is 17.0 Å². The number of nitrogens with one attached hydrogen (secondary N) is 1. The summed E-state index contributed by atoms with van der Waals surface area (Å²) in [6, 6.07) is 6.46. The maximum Gasteiger partial charge on any atom is 0.387 e. The van der Waals surface area contributed by atoms with Crippen LogP contribution in [0.5, 0.6) is 5.75 Å². The molecule has 9 heteroatoms. The van der Waals surface area contributed by atoms with E-state index in [-0.39, 0.29) is 18.2 Å². The van der Waals surface area contributed by atoms with Gasteiger partial charge in [0.05, 0.1) is 6.61 Å². The maximum atomic E-state index is 12.3. The van der Waals surface area contributed by atoms with Gasteiger partial charge in [0.15, 0.2) is 5.96 Å². The lowest BCUT2D eigenvalue weighted by Crippen LogP contribution is -2.41. The summed E-state index contributed by atoms with van der Waals surface area (Å²) in [4.78, 5) is 19.7. The summed E-state index contributed by atoms with van der Waals surface area (Å²) >= 11 is 0. The minimum atomic E-state index is -2.84. The van der Waals surface area contributed by atoms with Crippen molar-refractivity contribution in [3.63, 3.8) is 0 Å². The van der Waals surface area contributed by atoms with E-state index in [9.17, 15) is 13.6 Å². The van der Waals surface area contributed by atoms with E-state index < -0.39 is 6.61 Å². The Hall–Kier alpha value is -2.42.